The van der Waals surface area contributed by atoms with E-state index >= 15 is 0 Å². The molecule has 0 aromatic heterocycles. The summed E-state index contributed by atoms with van der Waals surface area (Å²) < 4.78 is 0. The summed E-state index contributed by atoms with van der Waals surface area (Å²) in [7, 11) is 3.38. The summed E-state index contributed by atoms with van der Waals surface area (Å²) in [5, 5.41) is 0. The van der Waals surface area contributed by atoms with Crippen molar-refractivity contribution < 1.29 is 4.79 Å². The first kappa shape index (κ1) is 9.11. The van der Waals surface area contributed by atoms with Crippen molar-refractivity contribution in [3.8, 4) is 0 Å². The number of hydrogen-bond acceptors (Lipinski definition) is 1. The molecule has 0 rings (SSSR count). The molecular formula is C3H7BNO. The highest BCUT2D eigenvalue weighted by Gasteiger charge is 1.68. The predicted octanol–water partition coefficient (Wildman–Crippen LogP) is -0.676. The lowest BCUT2D eigenvalue weighted by Gasteiger charge is -1.93. The van der Waals surface area contributed by atoms with Gasteiger partial charge in [0.1, 0.15) is 0 Å². The quantitative estimate of drug-likeness (QED) is 0.304. The summed E-state index contributed by atoms with van der Waals surface area (Å²) in [6, 6.07) is 0. The molecule has 3 heteroatoms. The van der Waals surface area contributed by atoms with Gasteiger partial charge in [-0.05, 0) is 0 Å². The monoisotopic (exact) mass is 84.1 g/mol. The molecule has 0 aliphatic rings. The fourth-order valence-corrected chi connectivity index (χ4v) is 0. The highest BCUT2D eigenvalue weighted by atomic mass is 16.1. The van der Waals surface area contributed by atoms with Crippen molar-refractivity contribution in [1.82, 2.24) is 4.90 Å². The second-order valence-corrected chi connectivity index (χ2v) is 1.07. The molecule has 0 aliphatic carbocycles. The van der Waals surface area contributed by atoms with Crippen LogP contribution in [0.2, 0.25) is 0 Å². The van der Waals surface area contributed by atoms with E-state index in [4.69, 9.17) is 0 Å². The number of carbonyl (C=O) groups excluding carboxylic acids is 1. The lowest BCUT2D eigenvalue weighted by Crippen LogP contribution is -2.06. The first-order valence-corrected chi connectivity index (χ1v) is 1.39. The molecule has 0 atom stereocenters. The van der Waals surface area contributed by atoms with Gasteiger partial charge in [0, 0.05) is 22.5 Å². The Morgan fingerprint density at radius 3 is 1.67 bits per heavy atom. The van der Waals surface area contributed by atoms with Crippen LogP contribution in [0.1, 0.15) is 0 Å². The summed E-state index contributed by atoms with van der Waals surface area (Å²) in [6.07, 6.45) is 0.750. The molecule has 0 spiro atoms. The van der Waals surface area contributed by atoms with Gasteiger partial charge in [-0.2, -0.15) is 0 Å². The van der Waals surface area contributed by atoms with E-state index < -0.39 is 0 Å². The Hall–Kier alpha value is -0.465. The van der Waals surface area contributed by atoms with Crippen molar-refractivity contribution in [2.45, 2.75) is 0 Å². The molecule has 0 saturated heterocycles. The second kappa shape index (κ2) is 4.53. The summed E-state index contributed by atoms with van der Waals surface area (Å²) >= 11 is 0. The third kappa shape index (κ3) is 9.64. The Bertz CT molecular complexity index is 37.8. The molecule has 0 fully saturated rings. The van der Waals surface area contributed by atoms with Crippen LogP contribution >= 0.6 is 0 Å². The zero-order valence-corrected chi connectivity index (χ0v) is 4.01. The van der Waals surface area contributed by atoms with Gasteiger partial charge < -0.3 is 4.90 Å². The summed E-state index contributed by atoms with van der Waals surface area (Å²) in [5.41, 5.74) is 0. The molecule has 6 heavy (non-hydrogen) atoms. The van der Waals surface area contributed by atoms with Crippen LogP contribution in [0.4, 0.5) is 0 Å². The minimum atomic E-state index is 0. The van der Waals surface area contributed by atoms with Crippen molar-refractivity contribution in [2.24, 2.45) is 0 Å². The average Bonchev–Trinajstić information content (AvgIpc) is 1.38. The minimum absolute atomic E-state index is 0. The number of amides is 1. The Morgan fingerprint density at radius 1 is 1.50 bits per heavy atom. The summed E-state index contributed by atoms with van der Waals surface area (Å²) in [4.78, 5) is 10.9. The van der Waals surface area contributed by atoms with Crippen LogP contribution in [0.15, 0.2) is 0 Å². The Labute approximate surface area is 39.7 Å². The standard InChI is InChI=1S/C3H7NO.B/c1-4(2)3-5;/h3H,1-2H3;. The number of rotatable bonds is 1. The second-order valence-electron chi connectivity index (χ2n) is 1.07. The third-order valence-electron chi connectivity index (χ3n) is 0.211. The van der Waals surface area contributed by atoms with Crippen molar-refractivity contribution in [2.75, 3.05) is 14.1 Å². The van der Waals surface area contributed by atoms with E-state index in [2.05, 4.69) is 0 Å². The fourth-order valence-electron chi connectivity index (χ4n) is 0. The fraction of sp³-hybridized carbons (Fsp3) is 0.667. The van der Waals surface area contributed by atoms with Gasteiger partial charge in [0.05, 0.1) is 0 Å². The molecule has 3 radical (unpaired) electrons. The van der Waals surface area contributed by atoms with Crippen molar-refractivity contribution >= 4 is 14.8 Å². The molecule has 2 nitrogen and oxygen atoms in total. The Morgan fingerprint density at radius 2 is 1.67 bits per heavy atom. The first-order chi connectivity index (χ1) is 2.27. The highest BCUT2D eigenvalue weighted by Crippen LogP contribution is 1.52. The van der Waals surface area contributed by atoms with E-state index in [9.17, 15) is 4.79 Å². The maximum Gasteiger partial charge on any atom is 0.209 e. The Balaban J connectivity index is 0. The van der Waals surface area contributed by atoms with Crippen LogP contribution in [0.5, 0.6) is 0 Å². The molecular weight excluding hydrogens is 76.9 g/mol. The van der Waals surface area contributed by atoms with Gasteiger partial charge in [-0.25, -0.2) is 0 Å². The molecule has 0 aliphatic heterocycles. The van der Waals surface area contributed by atoms with Crippen LogP contribution < -0.4 is 0 Å². The molecule has 0 heterocycles. The maximum atomic E-state index is 9.43. The maximum absolute atomic E-state index is 9.43. The van der Waals surface area contributed by atoms with Crippen LogP contribution in [0.25, 0.3) is 0 Å². The van der Waals surface area contributed by atoms with E-state index in [0.717, 1.165) is 6.41 Å². The average molecular weight is 83.9 g/mol. The number of carbonyl (C=O) groups is 1. The summed E-state index contributed by atoms with van der Waals surface area (Å²) in [6.45, 7) is 0. The lowest BCUT2D eigenvalue weighted by molar-refractivity contribution is -0.115. The molecule has 0 N–H and O–H groups in total. The molecule has 0 aromatic carbocycles. The molecule has 0 aromatic rings. The van der Waals surface area contributed by atoms with Crippen molar-refractivity contribution in [3.63, 3.8) is 0 Å². The van der Waals surface area contributed by atoms with Gasteiger partial charge in [-0.1, -0.05) is 0 Å². The van der Waals surface area contributed by atoms with Crippen LogP contribution in [0.3, 0.4) is 0 Å². The topological polar surface area (TPSA) is 20.3 Å². The zero-order valence-electron chi connectivity index (χ0n) is 4.01. The zero-order chi connectivity index (χ0) is 4.28. The van der Waals surface area contributed by atoms with E-state index in [1.54, 1.807) is 14.1 Å². The summed E-state index contributed by atoms with van der Waals surface area (Å²) in [5.74, 6) is 0. The van der Waals surface area contributed by atoms with E-state index in [1.165, 1.54) is 4.90 Å². The molecule has 0 saturated carbocycles. The van der Waals surface area contributed by atoms with Crippen LogP contribution in [0, 0.1) is 0 Å². The van der Waals surface area contributed by atoms with Gasteiger partial charge in [0.2, 0.25) is 6.41 Å². The van der Waals surface area contributed by atoms with E-state index in [-0.39, 0.29) is 8.41 Å². The molecule has 33 valence electrons. The third-order valence-corrected chi connectivity index (χ3v) is 0.211. The van der Waals surface area contributed by atoms with Crippen molar-refractivity contribution in [1.29, 1.82) is 0 Å². The molecule has 1 amide bonds. The minimum Gasteiger partial charge on any atom is -0.351 e. The van der Waals surface area contributed by atoms with Crippen LogP contribution in [-0.4, -0.2) is 33.8 Å². The highest BCUT2D eigenvalue weighted by molar-refractivity contribution is 5.75. The van der Waals surface area contributed by atoms with Crippen LogP contribution in [-0.2, 0) is 4.79 Å². The van der Waals surface area contributed by atoms with Gasteiger partial charge in [0.15, 0.2) is 0 Å². The SMILES string of the molecule is CN(C)C=O.[B]. The van der Waals surface area contributed by atoms with E-state index in [0.29, 0.717) is 0 Å². The molecule has 0 bridgehead atoms. The van der Waals surface area contributed by atoms with Gasteiger partial charge >= 0.3 is 0 Å². The van der Waals surface area contributed by atoms with Crippen molar-refractivity contribution in [3.05, 3.63) is 0 Å². The normalized spacial score (nSPS) is 5.67. The van der Waals surface area contributed by atoms with Gasteiger partial charge in [-0.3, -0.25) is 4.79 Å². The number of hydrogen-bond donors (Lipinski definition) is 0. The predicted molar refractivity (Wildman–Crippen MR) is 25.5 cm³/mol. The van der Waals surface area contributed by atoms with Gasteiger partial charge in [0.25, 0.3) is 0 Å². The number of nitrogens with zero attached hydrogens (tertiary/aromatic N) is 1. The van der Waals surface area contributed by atoms with E-state index in [1.807, 2.05) is 0 Å². The molecule has 0 unspecified atom stereocenters. The largest absolute Gasteiger partial charge is 0.351 e. The first-order valence-electron chi connectivity index (χ1n) is 1.39. The lowest BCUT2D eigenvalue weighted by atomic mass is 10.8. The smallest absolute Gasteiger partial charge is 0.209 e. The Kier molecular flexibility index (Phi) is 6.89. The van der Waals surface area contributed by atoms with Gasteiger partial charge in [-0.15, -0.1) is 0 Å².